The van der Waals surface area contributed by atoms with Crippen LogP contribution >= 0.6 is 0 Å². The number of rotatable bonds is 4. The van der Waals surface area contributed by atoms with Crippen LogP contribution < -0.4 is 0 Å². The van der Waals surface area contributed by atoms with Crippen LogP contribution in [-0.4, -0.2) is 38.8 Å². The van der Waals surface area contributed by atoms with Crippen molar-refractivity contribution in [3.05, 3.63) is 58.4 Å². The Morgan fingerprint density at radius 1 is 1.16 bits per heavy atom. The molecule has 0 saturated carbocycles. The third kappa shape index (κ3) is 4.26. The second kappa shape index (κ2) is 7.65. The summed E-state index contributed by atoms with van der Waals surface area (Å²) in [7, 11) is 0. The number of non-ortho nitro benzene ring substituents is 1. The second-order valence-corrected chi connectivity index (χ2v) is 5.87. The monoisotopic (exact) mass is 338 g/mol. The number of benzene rings is 1. The molecule has 1 aliphatic rings. The van der Waals surface area contributed by atoms with Crippen LogP contribution in [0.1, 0.15) is 24.8 Å². The molecule has 1 fully saturated rings. The van der Waals surface area contributed by atoms with Gasteiger partial charge in [-0.05, 0) is 25.3 Å². The van der Waals surface area contributed by atoms with Crippen LogP contribution in [0.5, 0.6) is 0 Å². The molecule has 2 heterocycles. The molecule has 0 aliphatic carbocycles. The van der Waals surface area contributed by atoms with Crippen molar-refractivity contribution in [3.63, 3.8) is 0 Å². The minimum absolute atomic E-state index is 0.00228. The molecular formula is C18H18N4O3. The van der Waals surface area contributed by atoms with E-state index in [1.54, 1.807) is 30.6 Å². The summed E-state index contributed by atoms with van der Waals surface area (Å²) in [6.07, 6.45) is 9.72. The number of carbonyl (C=O) groups is 1. The molecule has 7 heteroatoms. The zero-order valence-electron chi connectivity index (χ0n) is 13.7. The first-order valence-corrected chi connectivity index (χ1v) is 8.17. The Kier molecular flexibility index (Phi) is 5.13. The fraction of sp³-hybridized carbons (Fsp3) is 0.278. The van der Waals surface area contributed by atoms with E-state index in [4.69, 9.17) is 0 Å². The first-order chi connectivity index (χ1) is 12.1. The van der Waals surface area contributed by atoms with Crippen molar-refractivity contribution in [3.8, 4) is 11.4 Å². The first kappa shape index (κ1) is 16.8. The molecule has 0 unspecified atom stereocenters. The van der Waals surface area contributed by atoms with Gasteiger partial charge in [0.15, 0.2) is 5.82 Å². The van der Waals surface area contributed by atoms with Crippen LogP contribution in [0.2, 0.25) is 0 Å². The Hall–Kier alpha value is -3.09. The number of nitro groups is 1. The van der Waals surface area contributed by atoms with Crippen molar-refractivity contribution >= 4 is 17.7 Å². The van der Waals surface area contributed by atoms with E-state index in [1.807, 2.05) is 4.90 Å². The Morgan fingerprint density at radius 3 is 2.56 bits per heavy atom. The van der Waals surface area contributed by atoms with Gasteiger partial charge in [-0.15, -0.1) is 0 Å². The third-order valence-corrected chi connectivity index (χ3v) is 4.07. The molecule has 3 rings (SSSR count). The lowest BCUT2D eigenvalue weighted by Gasteiger charge is -2.25. The summed E-state index contributed by atoms with van der Waals surface area (Å²) < 4.78 is 0. The molecule has 25 heavy (non-hydrogen) atoms. The molecule has 1 saturated heterocycles. The SMILES string of the molecule is O=C(C=Cc1cnc(-c2cccc([N+](=O)[O-])c2)nc1)N1CCCCC1. The summed E-state index contributed by atoms with van der Waals surface area (Å²) in [5, 5.41) is 10.8. The standard InChI is InChI=1S/C18H18N4O3/c23-17(21-9-2-1-3-10-21)8-7-14-12-19-18(20-13-14)15-5-4-6-16(11-15)22(24)25/h4-8,11-13H,1-3,9-10H2. The van der Waals surface area contributed by atoms with E-state index in [9.17, 15) is 14.9 Å². The van der Waals surface area contributed by atoms with Gasteiger partial charge in [-0.3, -0.25) is 14.9 Å². The summed E-state index contributed by atoms with van der Waals surface area (Å²) in [6, 6.07) is 6.18. The Labute approximate surface area is 145 Å². The maximum atomic E-state index is 12.1. The number of amides is 1. The van der Waals surface area contributed by atoms with E-state index in [0.29, 0.717) is 17.0 Å². The summed E-state index contributed by atoms with van der Waals surface area (Å²) in [4.78, 5) is 32.8. The third-order valence-electron chi connectivity index (χ3n) is 4.07. The average Bonchev–Trinajstić information content (AvgIpc) is 2.67. The van der Waals surface area contributed by atoms with Crippen LogP contribution in [0.15, 0.2) is 42.7 Å². The molecule has 0 radical (unpaired) electrons. The van der Waals surface area contributed by atoms with Gasteiger partial charge in [-0.2, -0.15) is 0 Å². The second-order valence-electron chi connectivity index (χ2n) is 5.87. The largest absolute Gasteiger partial charge is 0.339 e. The molecule has 2 aromatic rings. The highest BCUT2D eigenvalue weighted by Crippen LogP contribution is 2.20. The van der Waals surface area contributed by atoms with Crippen molar-refractivity contribution in [1.29, 1.82) is 0 Å². The van der Waals surface area contributed by atoms with Crippen molar-refractivity contribution in [2.75, 3.05) is 13.1 Å². The highest BCUT2D eigenvalue weighted by Gasteiger charge is 2.13. The van der Waals surface area contributed by atoms with E-state index < -0.39 is 4.92 Å². The number of nitro benzene ring substituents is 1. The number of hydrogen-bond acceptors (Lipinski definition) is 5. The van der Waals surface area contributed by atoms with Gasteiger partial charge < -0.3 is 4.90 Å². The molecule has 0 bridgehead atoms. The Balaban J connectivity index is 1.69. The molecule has 1 aromatic heterocycles. The first-order valence-electron chi connectivity index (χ1n) is 8.17. The summed E-state index contributed by atoms with van der Waals surface area (Å²) >= 11 is 0. The smallest absolute Gasteiger partial charge is 0.270 e. The molecule has 0 spiro atoms. The van der Waals surface area contributed by atoms with E-state index in [1.165, 1.54) is 24.6 Å². The minimum atomic E-state index is -0.452. The lowest BCUT2D eigenvalue weighted by Crippen LogP contribution is -2.34. The average molecular weight is 338 g/mol. The van der Waals surface area contributed by atoms with Crippen LogP contribution in [0.3, 0.4) is 0 Å². The summed E-state index contributed by atoms with van der Waals surface area (Å²) in [5.41, 5.74) is 1.28. The van der Waals surface area contributed by atoms with Gasteiger partial charge in [0.25, 0.3) is 5.69 Å². The molecule has 1 aliphatic heterocycles. The van der Waals surface area contributed by atoms with Gasteiger partial charge in [-0.1, -0.05) is 12.1 Å². The number of carbonyl (C=O) groups excluding carboxylic acids is 1. The van der Waals surface area contributed by atoms with Gasteiger partial charge in [0.1, 0.15) is 0 Å². The highest BCUT2D eigenvalue weighted by molar-refractivity contribution is 5.91. The number of hydrogen-bond donors (Lipinski definition) is 0. The van der Waals surface area contributed by atoms with Gasteiger partial charge >= 0.3 is 0 Å². The topological polar surface area (TPSA) is 89.2 Å². The Bertz CT molecular complexity index is 796. The molecule has 0 atom stereocenters. The van der Waals surface area contributed by atoms with Gasteiger partial charge in [0, 0.05) is 54.8 Å². The van der Waals surface area contributed by atoms with E-state index in [-0.39, 0.29) is 11.6 Å². The van der Waals surface area contributed by atoms with Gasteiger partial charge in [0.05, 0.1) is 4.92 Å². The van der Waals surface area contributed by atoms with E-state index >= 15 is 0 Å². The summed E-state index contributed by atoms with van der Waals surface area (Å²) in [6.45, 7) is 1.62. The quantitative estimate of drug-likeness (QED) is 0.485. The Morgan fingerprint density at radius 2 is 1.88 bits per heavy atom. The normalized spacial score (nSPS) is 14.6. The fourth-order valence-electron chi connectivity index (χ4n) is 2.72. The lowest BCUT2D eigenvalue weighted by atomic mass is 10.1. The zero-order chi connectivity index (χ0) is 17.6. The molecule has 7 nitrogen and oxygen atoms in total. The number of aromatic nitrogens is 2. The maximum absolute atomic E-state index is 12.1. The minimum Gasteiger partial charge on any atom is -0.339 e. The van der Waals surface area contributed by atoms with Crippen molar-refractivity contribution < 1.29 is 9.72 Å². The fourth-order valence-corrected chi connectivity index (χ4v) is 2.72. The van der Waals surface area contributed by atoms with E-state index in [0.717, 1.165) is 25.9 Å². The molecule has 1 aromatic carbocycles. The number of nitrogens with zero attached hydrogens (tertiary/aromatic N) is 4. The molecule has 128 valence electrons. The van der Waals surface area contributed by atoms with Crippen LogP contribution in [0.4, 0.5) is 5.69 Å². The van der Waals surface area contributed by atoms with Crippen molar-refractivity contribution in [1.82, 2.24) is 14.9 Å². The van der Waals surface area contributed by atoms with Crippen LogP contribution in [0, 0.1) is 10.1 Å². The molecular weight excluding hydrogens is 320 g/mol. The molecule has 0 N–H and O–H groups in total. The maximum Gasteiger partial charge on any atom is 0.270 e. The summed E-state index contributed by atoms with van der Waals surface area (Å²) in [5.74, 6) is 0.408. The highest BCUT2D eigenvalue weighted by atomic mass is 16.6. The van der Waals surface area contributed by atoms with Crippen LogP contribution in [-0.2, 0) is 4.79 Å². The van der Waals surface area contributed by atoms with Gasteiger partial charge in [0.2, 0.25) is 5.91 Å². The van der Waals surface area contributed by atoms with Crippen LogP contribution in [0.25, 0.3) is 17.5 Å². The molecule has 1 amide bonds. The van der Waals surface area contributed by atoms with Crippen molar-refractivity contribution in [2.45, 2.75) is 19.3 Å². The zero-order valence-corrected chi connectivity index (χ0v) is 13.7. The predicted molar refractivity (Wildman–Crippen MR) is 93.6 cm³/mol. The van der Waals surface area contributed by atoms with Gasteiger partial charge in [-0.25, -0.2) is 9.97 Å². The van der Waals surface area contributed by atoms with E-state index in [2.05, 4.69) is 9.97 Å². The predicted octanol–water partition coefficient (Wildman–Crippen LogP) is 3.08. The van der Waals surface area contributed by atoms with Crippen molar-refractivity contribution in [2.24, 2.45) is 0 Å². The number of likely N-dealkylation sites (tertiary alicyclic amines) is 1. The number of piperidine rings is 1. The lowest BCUT2D eigenvalue weighted by molar-refractivity contribution is -0.384.